The van der Waals surface area contributed by atoms with Gasteiger partial charge in [-0.1, -0.05) is 12.1 Å². The summed E-state index contributed by atoms with van der Waals surface area (Å²) in [5, 5.41) is 0. The lowest BCUT2D eigenvalue weighted by Gasteiger charge is -2.02. The van der Waals surface area contributed by atoms with Gasteiger partial charge in [0.15, 0.2) is 5.78 Å². The van der Waals surface area contributed by atoms with Crippen molar-refractivity contribution in [3.05, 3.63) is 54.0 Å². The zero-order valence-corrected chi connectivity index (χ0v) is 15.0. The van der Waals surface area contributed by atoms with Crippen molar-refractivity contribution in [1.82, 2.24) is 9.13 Å². The number of nitrogens with zero attached hydrogens (tertiary/aromatic N) is 2. The Kier molecular flexibility index (Phi) is 3.90. The zero-order valence-electron chi connectivity index (χ0n) is 11.0. The second-order valence-corrected chi connectivity index (χ2v) is 8.33. The van der Waals surface area contributed by atoms with Crippen molar-refractivity contribution < 1.29 is 4.79 Å². The van der Waals surface area contributed by atoms with Crippen LogP contribution in [0.25, 0.3) is 11.0 Å². The van der Waals surface area contributed by atoms with Crippen LogP contribution in [0.15, 0.2) is 42.7 Å². The highest BCUT2D eigenvalue weighted by molar-refractivity contribution is 9.12. The molecule has 4 nitrogen and oxygen atoms in total. The molecule has 0 saturated carbocycles. The Hall–Kier alpha value is -1.18. The molecule has 1 aromatic carbocycles. The molecule has 0 bridgehead atoms. The number of benzene rings is 1. The van der Waals surface area contributed by atoms with E-state index < -0.39 is 0 Å². The fraction of sp³-hybridized carbons (Fsp3) is 0.143. The van der Waals surface area contributed by atoms with E-state index in [9.17, 15) is 9.59 Å². The maximum Gasteiger partial charge on any atom is 0.329 e. The molecule has 3 rings (SSSR count). The third kappa shape index (κ3) is 2.54. The number of aryl methyl sites for hydroxylation is 1. The maximum atomic E-state index is 12.4. The van der Waals surface area contributed by atoms with Crippen LogP contribution in [0, 0.1) is 0 Å². The molecule has 0 aliphatic carbocycles. The minimum Gasteiger partial charge on any atom is -0.295 e. The number of para-hydroxylation sites is 2. The summed E-state index contributed by atoms with van der Waals surface area (Å²) in [5.74, 6) is -0.0951. The number of aromatic nitrogens is 2. The van der Waals surface area contributed by atoms with Crippen LogP contribution >= 0.6 is 43.2 Å². The lowest BCUT2D eigenvalue weighted by atomic mass is 10.2. The monoisotopic (exact) mass is 428 g/mol. The number of imidazole rings is 1. The van der Waals surface area contributed by atoms with Crippen LogP contribution in [0.3, 0.4) is 0 Å². The molecule has 0 aliphatic heterocycles. The minimum atomic E-state index is -0.185. The van der Waals surface area contributed by atoms with Crippen molar-refractivity contribution in [2.45, 2.75) is 6.54 Å². The molecule has 0 aliphatic rings. The van der Waals surface area contributed by atoms with Crippen LogP contribution in [0.1, 0.15) is 10.4 Å². The average molecular weight is 430 g/mol. The summed E-state index contributed by atoms with van der Waals surface area (Å²) in [6.45, 7) is 0.0297. The molecule has 0 atom stereocenters. The van der Waals surface area contributed by atoms with Crippen LogP contribution in [0.5, 0.6) is 0 Å². The number of ketones is 1. The summed E-state index contributed by atoms with van der Waals surface area (Å²) < 4.78 is 4.72. The van der Waals surface area contributed by atoms with Gasteiger partial charge >= 0.3 is 5.69 Å². The van der Waals surface area contributed by atoms with Gasteiger partial charge in [-0.05, 0) is 50.1 Å². The molecule has 108 valence electrons. The molecule has 0 saturated heterocycles. The summed E-state index contributed by atoms with van der Waals surface area (Å²) in [5.41, 5.74) is 1.99. The van der Waals surface area contributed by atoms with Gasteiger partial charge in [0.2, 0.25) is 0 Å². The van der Waals surface area contributed by atoms with Crippen LogP contribution in [0.2, 0.25) is 0 Å². The van der Waals surface area contributed by atoms with E-state index in [1.165, 1.54) is 15.9 Å². The summed E-state index contributed by atoms with van der Waals surface area (Å²) in [4.78, 5) is 24.7. The Morgan fingerprint density at radius 3 is 2.52 bits per heavy atom. The molecule has 7 heteroatoms. The van der Waals surface area contributed by atoms with Gasteiger partial charge in [-0.15, -0.1) is 11.3 Å². The van der Waals surface area contributed by atoms with Crippen LogP contribution in [0.4, 0.5) is 0 Å². The first-order valence-corrected chi connectivity index (χ1v) is 8.51. The quantitative estimate of drug-likeness (QED) is 0.594. The second-order valence-electron chi connectivity index (χ2n) is 4.58. The molecule has 2 heterocycles. The van der Waals surface area contributed by atoms with E-state index in [4.69, 9.17) is 0 Å². The van der Waals surface area contributed by atoms with E-state index >= 15 is 0 Å². The largest absolute Gasteiger partial charge is 0.329 e. The standard InChI is InChI=1S/C14H10Br2N2O2S/c1-17-9-4-2-3-5-10(9)18(14(17)20)7-11(19)8-6-12(15)21-13(8)16/h2-6H,7H2,1H3. The molecule has 0 radical (unpaired) electrons. The van der Waals surface area contributed by atoms with E-state index in [-0.39, 0.29) is 18.0 Å². The van der Waals surface area contributed by atoms with Gasteiger partial charge < -0.3 is 0 Å². The molecule has 0 unspecified atom stereocenters. The van der Waals surface area contributed by atoms with Gasteiger partial charge in [0, 0.05) is 12.6 Å². The number of rotatable bonds is 3. The molecule has 0 spiro atoms. The molecule has 21 heavy (non-hydrogen) atoms. The fourth-order valence-electron chi connectivity index (χ4n) is 2.28. The highest BCUT2D eigenvalue weighted by Crippen LogP contribution is 2.32. The topological polar surface area (TPSA) is 44.0 Å². The molecular weight excluding hydrogens is 420 g/mol. The Balaban J connectivity index is 2.06. The van der Waals surface area contributed by atoms with Gasteiger partial charge in [0.05, 0.1) is 25.2 Å². The average Bonchev–Trinajstić information content (AvgIpc) is 2.92. The SMILES string of the molecule is Cn1c(=O)n(CC(=O)c2cc(Br)sc2Br)c2ccccc21. The van der Waals surface area contributed by atoms with Gasteiger partial charge in [-0.25, -0.2) is 4.79 Å². The lowest BCUT2D eigenvalue weighted by molar-refractivity contribution is 0.0972. The predicted octanol–water partition coefficient (Wildman–Crippen LogP) is 3.81. The van der Waals surface area contributed by atoms with E-state index in [0.717, 1.165) is 18.6 Å². The van der Waals surface area contributed by atoms with Gasteiger partial charge in [0.1, 0.15) is 0 Å². The number of Topliss-reactive ketones (excluding diaryl/α,β-unsaturated/α-hetero) is 1. The molecular formula is C14H10Br2N2O2S. The van der Waals surface area contributed by atoms with Crippen LogP contribution in [-0.4, -0.2) is 14.9 Å². The Morgan fingerprint density at radius 1 is 1.24 bits per heavy atom. The highest BCUT2D eigenvalue weighted by Gasteiger charge is 2.17. The predicted molar refractivity (Wildman–Crippen MR) is 91.2 cm³/mol. The van der Waals surface area contributed by atoms with E-state index in [1.807, 2.05) is 24.3 Å². The summed E-state index contributed by atoms with van der Waals surface area (Å²) in [6.07, 6.45) is 0. The van der Waals surface area contributed by atoms with E-state index in [2.05, 4.69) is 31.9 Å². The first-order chi connectivity index (χ1) is 9.99. The Labute approximate surface area is 141 Å². The van der Waals surface area contributed by atoms with E-state index in [1.54, 1.807) is 17.7 Å². The van der Waals surface area contributed by atoms with Crippen molar-refractivity contribution in [3.63, 3.8) is 0 Å². The number of hydrogen-bond donors (Lipinski definition) is 0. The molecule has 0 N–H and O–H groups in total. The van der Waals surface area contributed by atoms with Crippen LogP contribution < -0.4 is 5.69 Å². The molecule has 0 amide bonds. The summed E-state index contributed by atoms with van der Waals surface area (Å²) in [7, 11) is 1.71. The highest BCUT2D eigenvalue weighted by atomic mass is 79.9. The minimum absolute atomic E-state index is 0.0297. The van der Waals surface area contributed by atoms with Crippen LogP contribution in [-0.2, 0) is 13.6 Å². The van der Waals surface area contributed by atoms with Gasteiger partial charge in [-0.2, -0.15) is 0 Å². The normalized spacial score (nSPS) is 11.2. The number of fused-ring (bicyclic) bond motifs is 1. The fourth-order valence-corrected chi connectivity index (χ4v) is 5.13. The number of halogens is 2. The van der Waals surface area contributed by atoms with E-state index in [0.29, 0.717) is 5.56 Å². The maximum absolute atomic E-state index is 12.4. The Bertz CT molecular complexity index is 907. The molecule has 0 fully saturated rings. The third-order valence-electron chi connectivity index (χ3n) is 3.31. The van der Waals surface area contributed by atoms with Gasteiger partial charge in [0.25, 0.3) is 0 Å². The summed E-state index contributed by atoms with van der Waals surface area (Å²) in [6, 6.07) is 9.23. The van der Waals surface area contributed by atoms with Crippen molar-refractivity contribution in [2.24, 2.45) is 7.05 Å². The first kappa shape index (κ1) is 14.7. The van der Waals surface area contributed by atoms with Gasteiger partial charge in [-0.3, -0.25) is 13.9 Å². The van der Waals surface area contributed by atoms with Crippen molar-refractivity contribution in [3.8, 4) is 0 Å². The first-order valence-electron chi connectivity index (χ1n) is 6.11. The molecule has 3 aromatic rings. The number of hydrogen-bond acceptors (Lipinski definition) is 3. The second kappa shape index (κ2) is 5.55. The zero-order chi connectivity index (χ0) is 15.1. The Morgan fingerprint density at radius 2 is 1.90 bits per heavy atom. The molecule has 2 aromatic heterocycles. The number of carbonyl (C=O) groups excluding carboxylic acids is 1. The van der Waals surface area contributed by atoms with Crippen molar-refractivity contribution in [2.75, 3.05) is 0 Å². The van der Waals surface area contributed by atoms with Crippen molar-refractivity contribution >= 4 is 60.0 Å². The third-order valence-corrected chi connectivity index (χ3v) is 5.65. The number of carbonyl (C=O) groups is 1. The smallest absolute Gasteiger partial charge is 0.295 e. The lowest BCUT2D eigenvalue weighted by Crippen LogP contribution is -2.25. The van der Waals surface area contributed by atoms with Crippen molar-refractivity contribution in [1.29, 1.82) is 0 Å². The summed E-state index contributed by atoms with van der Waals surface area (Å²) >= 11 is 8.18. The number of thiophene rings is 1.